The van der Waals surface area contributed by atoms with Gasteiger partial charge in [-0.05, 0) is 12.1 Å². The van der Waals surface area contributed by atoms with Crippen LogP contribution in [-0.2, 0) is 9.13 Å². The van der Waals surface area contributed by atoms with E-state index in [4.69, 9.17) is 0 Å². The summed E-state index contributed by atoms with van der Waals surface area (Å²) in [6.07, 6.45) is 0. The molecule has 0 amide bonds. The van der Waals surface area contributed by atoms with E-state index in [0.717, 1.165) is 12.1 Å². The molecule has 4 N–H and O–H groups in total. The fourth-order valence-corrected chi connectivity index (χ4v) is 5.01. The minimum absolute atomic E-state index is 0.0654. The van der Waals surface area contributed by atoms with Crippen molar-refractivity contribution in [2.24, 2.45) is 0 Å². The molecule has 2 aromatic rings. The van der Waals surface area contributed by atoms with Crippen LogP contribution in [0.15, 0.2) is 36.4 Å². The lowest BCUT2D eigenvalue weighted by atomic mass is 9.84. The minimum Gasteiger partial charge on any atom is -0.321 e. The van der Waals surface area contributed by atoms with E-state index < -0.39 is 42.9 Å². The van der Waals surface area contributed by atoms with Crippen LogP contribution in [0.3, 0.4) is 0 Å². The van der Waals surface area contributed by atoms with Gasteiger partial charge in [0.15, 0.2) is 11.6 Å². The third-order valence-corrected chi connectivity index (χ3v) is 5.87. The molecule has 0 aliphatic heterocycles. The molecule has 24 heavy (non-hydrogen) atoms. The highest BCUT2D eigenvalue weighted by Gasteiger charge is 2.41. The van der Waals surface area contributed by atoms with Crippen molar-refractivity contribution in [1.82, 2.24) is 0 Å². The second-order valence-electron chi connectivity index (χ2n) is 5.15. The highest BCUT2D eigenvalue weighted by Crippen LogP contribution is 2.43. The first-order chi connectivity index (χ1) is 11.0. The molecule has 8 nitrogen and oxygen atoms in total. The number of benzene rings is 2. The standard InChI is InChI=1S/C14H10O8P2/c15-12-7-3-1-2-4-8(7)13(16)11-9(12)5-6-10(23(17,18)19)14(11)24(20,21)22/h1-6H,(H2,17,18,19)(H2,20,21,22). The van der Waals surface area contributed by atoms with Crippen molar-refractivity contribution in [3.05, 3.63) is 58.7 Å². The van der Waals surface area contributed by atoms with Crippen LogP contribution in [0.2, 0.25) is 0 Å². The Morgan fingerprint density at radius 2 is 1.21 bits per heavy atom. The van der Waals surface area contributed by atoms with Gasteiger partial charge in [-0.15, -0.1) is 0 Å². The third-order valence-electron chi connectivity index (χ3n) is 3.65. The third kappa shape index (κ3) is 2.50. The normalized spacial score (nSPS) is 14.3. The number of ketones is 2. The van der Waals surface area contributed by atoms with E-state index in [2.05, 4.69) is 0 Å². The first-order valence-corrected chi connectivity index (χ1v) is 9.73. The maximum Gasteiger partial charge on any atom is 0.357 e. The maximum atomic E-state index is 12.7. The zero-order valence-corrected chi connectivity index (χ0v) is 13.6. The SMILES string of the molecule is O=C1c2ccccc2C(=O)c2c1ccc(P(=O)(O)O)c2P(=O)(O)O. The molecule has 1 aliphatic carbocycles. The molecule has 0 fully saturated rings. The van der Waals surface area contributed by atoms with Crippen molar-refractivity contribution in [3.8, 4) is 0 Å². The number of fused-ring (bicyclic) bond motifs is 2. The van der Waals surface area contributed by atoms with Crippen LogP contribution in [0, 0.1) is 0 Å². The summed E-state index contributed by atoms with van der Waals surface area (Å²) in [5.74, 6) is -1.51. The van der Waals surface area contributed by atoms with Crippen LogP contribution in [0.1, 0.15) is 31.8 Å². The Kier molecular flexibility index (Phi) is 3.73. The number of hydrogen-bond donors (Lipinski definition) is 4. The van der Waals surface area contributed by atoms with E-state index >= 15 is 0 Å². The summed E-state index contributed by atoms with van der Waals surface area (Å²) in [5, 5.41) is -2.06. The highest BCUT2D eigenvalue weighted by atomic mass is 31.2. The molecule has 0 aromatic heterocycles. The van der Waals surface area contributed by atoms with Crippen molar-refractivity contribution >= 4 is 37.4 Å². The van der Waals surface area contributed by atoms with Crippen molar-refractivity contribution in [2.75, 3.05) is 0 Å². The Balaban J connectivity index is 2.47. The average Bonchev–Trinajstić information content (AvgIpc) is 2.49. The van der Waals surface area contributed by atoms with E-state index in [-0.39, 0.29) is 16.7 Å². The van der Waals surface area contributed by atoms with Crippen LogP contribution < -0.4 is 10.6 Å². The molecule has 0 atom stereocenters. The van der Waals surface area contributed by atoms with Gasteiger partial charge in [0.25, 0.3) is 0 Å². The molecule has 124 valence electrons. The van der Waals surface area contributed by atoms with Gasteiger partial charge in [-0.2, -0.15) is 0 Å². The first-order valence-electron chi connectivity index (χ1n) is 6.51. The summed E-state index contributed by atoms with van der Waals surface area (Å²) in [6, 6.07) is 7.48. The summed E-state index contributed by atoms with van der Waals surface area (Å²) in [4.78, 5) is 62.9. The second-order valence-corrected chi connectivity index (χ2v) is 8.25. The predicted octanol–water partition coefficient (Wildman–Crippen LogP) is 0.0680. The van der Waals surface area contributed by atoms with Gasteiger partial charge in [0.05, 0.1) is 16.2 Å². The molecule has 0 spiro atoms. The molecule has 0 saturated heterocycles. The van der Waals surface area contributed by atoms with E-state index in [1.54, 1.807) is 0 Å². The van der Waals surface area contributed by atoms with Gasteiger partial charge in [-0.3, -0.25) is 18.7 Å². The summed E-state index contributed by atoms with van der Waals surface area (Å²) in [7, 11) is -10.3. The fraction of sp³-hybridized carbons (Fsp3) is 0. The zero-order valence-electron chi connectivity index (χ0n) is 11.8. The van der Waals surface area contributed by atoms with Crippen molar-refractivity contribution in [2.45, 2.75) is 0 Å². The van der Waals surface area contributed by atoms with Crippen LogP contribution in [0.5, 0.6) is 0 Å². The fourth-order valence-electron chi connectivity index (χ4n) is 2.69. The summed E-state index contributed by atoms with van der Waals surface area (Å²) in [5.41, 5.74) is -0.967. The zero-order chi connectivity index (χ0) is 17.9. The van der Waals surface area contributed by atoms with E-state index in [1.165, 1.54) is 24.3 Å². The van der Waals surface area contributed by atoms with Crippen LogP contribution in [0.25, 0.3) is 0 Å². The van der Waals surface area contributed by atoms with Crippen molar-refractivity contribution in [3.63, 3.8) is 0 Å². The van der Waals surface area contributed by atoms with Crippen molar-refractivity contribution in [1.29, 1.82) is 0 Å². The molecule has 0 unspecified atom stereocenters. The molecule has 2 aromatic carbocycles. The second kappa shape index (κ2) is 5.29. The molecule has 0 radical (unpaired) electrons. The van der Waals surface area contributed by atoms with E-state index in [1.807, 2.05) is 0 Å². The molecule has 0 saturated carbocycles. The van der Waals surface area contributed by atoms with Gasteiger partial charge in [-0.1, -0.05) is 24.3 Å². The summed E-state index contributed by atoms with van der Waals surface area (Å²) in [6.45, 7) is 0. The molecule has 3 rings (SSSR count). The van der Waals surface area contributed by atoms with Gasteiger partial charge >= 0.3 is 15.2 Å². The van der Waals surface area contributed by atoms with Crippen molar-refractivity contribution < 1.29 is 38.3 Å². The average molecular weight is 368 g/mol. The summed E-state index contributed by atoms with van der Waals surface area (Å²) >= 11 is 0. The van der Waals surface area contributed by atoms with Crippen LogP contribution >= 0.6 is 15.2 Å². The largest absolute Gasteiger partial charge is 0.357 e. The topological polar surface area (TPSA) is 149 Å². The Morgan fingerprint density at radius 3 is 1.71 bits per heavy atom. The smallest absolute Gasteiger partial charge is 0.321 e. The first kappa shape index (κ1) is 16.9. The van der Waals surface area contributed by atoms with Gasteiger partial charge in [-0.25, -0.2) is 0 Å². The number of carbonyl (C=O) groups excluding carboxylic acids is 2. The van der Waals surface area contributed by atoms with E-state index in [9.17, 15) is 38.3 Å². The lowest BCUT2D eigenvalue weighted by Crippen LogP contribution is -2.36. The predicted molar refractivity (Wildman–Crippen MR) is 83.1 cm³/mol. The molecular formula is C14H10O8P2. The van der Waals surface area contributed by atoms with Gasteiger partial charge in [0, 0.05) is 16.7 Å². The number of hydrogen-bond acceptors (Lipinski definition) is 4. The lowest BCUT2D eigenvalue weighted by molar-refractivity contribution is 0.0980. The van der Waals surface area contributed by atoms with Gasteiger partial charge in [0.1, 0.15) is 0 Å². The van der Waals surface area contributed by atoms with Crippen LogP contribution in [0.4, 0.5) is 0 Å². The Morgan fingerprint density at radius 1 is 0.667 bits per heavy atom. The molecule has 10 heteroatoms. The van der Waals surface area contributed by atoms with Crippen LogP contribution in [-0.4, -0.2) is 31.1 Å². The highest BCUT2D eigenvalue weighted by molar-refractivity contribution is 7.67. The number of carbonyl (C=O) groups is 2. The molecular weight excluding hydrogens is 358 g/mol. The monoisotopic (exact) mass is 368 g/mol. The molecule has 0 bridgehead atoms. The summed E-state index contributed by atoms with van der Waals surface area (Å²) < 4.78 is 23.4. The Hall–Kier alpha value is -1.92. The van der Waals surface area contributed by atoms with E-state index in [0.29, 0.717) is 0 Å². The Labute approximate surface area is 135 Å². The molecule has 0 heterocycles. The quantitative estimate of drug-likeness (QED) is 0.464. The molecule has 1 aliphatic rings. The van der Waals surface area contributed by atoms with Gasteiger partial charge < -0.3 is 19.6 Å². The maximum absolute atomic E-state index is 12.7. The van der Waals surface area contributed by atoms with Gasteiger partial charge in [0.2, 0.25) is 0 Å². The Bertz CT molecular complexity index is 998. The minimum atomic E-state index is -5.25. The number of rotatable bonds is 2. The lowest BCUT2D eigenvalue weighted by Gasteiger charge is -2.22.